The standard InChI is InChI=1S/C16H21N3O2/c1-17-6-8-18(9-7-17)16(21)11-19-5-4-14-10-13(12-20)2-3-15(14)19/h2-5,10,20H,6-9,11-12H2,1H3. The summed E-state index contributed by atoms with van der Waals surface area (Å²) in [6.07, 6.45) is 1.94. The van der Waals surface area contributed by atoms with Crippen molar-refractivity contribution >= 4 is 16.8 Å². The van der Waals surface area contributed by atoms with E-state index in [2.05, 4.69) is 11.9 Å². The molecule has 0 aliphatic carbocycles. The number of hydrogen-bond donors (Lipinski definition) is 1. The van der Waals surface area contributed by atoms with E-state index in [1.807, 2.05) is 39.9 Å². The third-order valence-corrected chi connectivity index (χ3v) is 4.18. The van der Waals surface area contributed by atoms with Gasteiger partial charge in [0.1, 0.15) is 6.54 Å². The van der Waals surface area contributed by atoms with E-state index in [0.29, 0.717) is 6.54 Å². The predicted octanol–water partition coefficient (Wildman–Crippen LogP) is 0.908. The predicted molar refractivity (Wildman–Crippen MR) is 81.9 cm³/mol. The van der Waals surface area contributed by atoms with Crippen LogP contribution < -0.4 is 0 Å². The van der Waals surface area contributed by atoms with Crippen molar-refractivity contribution in [2.75, 3.05) is 33.2 Å². The highest BCUT2D eigenvalue weighted by atomic mass is 16.3. The quantitative estimate of drug-likeness (QED) is 0.913. The molecule has 2 aromatic rings. The number of aromatic nitrogens is 1. The number of likely N-dealkylation sites (N-methyl/N-ethyl adjacent to an activating group) is 1. The molecule has 0 atom stereocenters. The van der Waals surface area contributed by atoms with Gasteiger partial charge in [-0.3, -0.25) is 4.79 Å². The maximum Gasteiger partial charge on any atom is 0.242 e. The molecule has 1 saturated heterocycles. The molecular weight excluding hydrogens is 266 g/mol. The van der Waals surface area contributed by atoms with Crippen LogP contribution in [0.2, 0.25) is 0 Å². The lowest BCUT2D eigenvalue weighted by molar-refractivity contribution is -0.133. The average molecular weight is 287 g/mol. The second-order valence-electron chi connectivity index (χ2n) is 5.68. The molecule has 3 rings (SSSR count). The number of nitrogens with zero attached hydrogens (tertiary/aromatic N) is 3. The van der Waals surface area contributed by atoms with Gasteiger partial charge in [-0.05, 0) is 36.2 Å². The summed E-state index contributed by atoms with van der Waals surface area (Å²) in [4.78, 5) is 16.6. The molecule has 0 radical (unpaired) electrons. The fourth-order valence-electron chi connectivity index (χ4n) is 2.79. The molecule has 1 fully saturated rings. The molecule has 1 aliphatic heterocycles. The Labute approximate surface area is 124 Å². The summed E-state index contributed by atoms with van der Waals surface area (Å²) in [5.74, 6) is 0.173. The fourth-order valence-corrected chi connectivity index (χ4v) is 2.79. The van der Waals surface area contributed by atoms with Crippen LogP contribution in [0.3, 0.4) is 0 Å². The Morgan fingerprint density at radius 1 is 1.19 bits per heavy atom. The van der Waals surface area contributed by atoms with Gasteiger partial charge in [0, 0.05) is 37.9 Å². The Bertz CT molecular complexity index is 642. The first-order valence-corrected chi connectivity index (χ1v) is 7.32. The molecule has 5 heteroatoms. The first-order chi connectivity index (χ1) is 10.2. The molecule has 0 unspecified atom stereocenters. The van der Waals surface area contributed by atoms with E-state index in [-0.39, 0.29) is 12.5 Å². The van der Waals surface area contributed by atoms with Crippen molar-refractivity contribution in [3.63, 3.8) is 0 Å². The Balaban J connectivity index is 1.74. The van der Waals surface area contributed by atoms with Crippen molar-refractivity contribution in [1.82, 2.24) is 14.4 Å². The number of aliphatic hydroxyl groups is 1. The van der Waals surface area contributed by atoms with Crippen LogP contribution in [0.5, 0.6) is 0 Å². The number of fused-ring (bicyclic) bond motifs is 1. The smallest absolute Gasteiger partial charge is 0.242 e. The van der Waals surface area contributed by atoms with Crippen LogP contribution in [0, 0.1) is 0 Å². The van der Waals surface area contributed by atoms with Crippen LogP contribution in [0.15, 0.2) is 30.5 Å². The summed E-state index contributed by atoms with van der Waals surface area (Å²) in [5.41, 5.74) is 1.93. The molecule has 1 aromatic carbocycles. The Kier molecular flexibility index (Phi) is 3.94. The van der Waals surface area contributed by atoms with Crippen LogP contribution in [0.4, 0.5) is 0 Å². The lowest BCUT2D eigenvalue weighted by atomic mass is 10.2. The molecule has 1 aromatic heterocycles. The highest BCUT2D eigenvalue weighted by Crippen LogP contribution is 2.18. The van der Waals surface area contributed by atoms with Crippen LogP contribution in [-0.4, -0.2) is 58.6 Å². The minimum absolute atomic E-state index is 0.0430. The molecule has 0 saturated carbocycles. The van der Waals surface area contributed by atoms with Gasteiger partial charge in [0.2, 0.25) is 5.91 Å². The molecule has 2 heterocycles. The van der Waals surface area contributed by atoms with E-state index in [9.17, 15) is 4.79 Å². The van der Waals surface area contributed by atoms with E-state index in [4.69, 9.17) is 5.11 Å². The van der Waals surface area contributed by atoms with Crippen LogP contribution >= 0.6 is 0 Å². The summed E-state index contributed by atoms with van der Waals surface area (Å²) < 4.78 is 1.98. The Morgan fingerprint density at radius 3 is 2.67 bits per heavy atom. The van der Waals surface area contributed by atoms with Gasteiger partial charge in [-0.2, -0.15) is 0 Å². The van der Waals surface area contributed by atoms with E-state index in [1.54, 1.807) is 0 Å². The maximum atomic E-state index is 12.4. The monoisotopic (exact) mass is 287 g/mol. The van der Waals surface area contributed by atoms with Crippen molar-refractivity contribution in [3.8, 4) is 0 Å². The number of aliphatic hydroxyl groups excluding tert-OH is 1. The van der Waals surface area contributed by atoms with Gasteiger partial charge in [0.15, 0.2) is 0 Å². The van der Waals surface area contributed by atoms with Gasteiger partial charge in [-0.1, -0.05) is 6.07 Å². The minimum Gasteiger partial charge on any atom is -0.392 e. The van der Waals surface area contributed by atoms with Gasteiger partial charge in [-0.15, -0.1) is 0 Å². The third kappa shape index (κ3) is 2.94. The molecular formula is C16H21N3O2. The number of carbonyl (C=O) groups is 1. The SMILES string of the molecule is CN1CCN(C(=O)Cn2ccc3cc(CO)ccc32)CC1. The van der Waals surface area contributed by atoms with E-state index in [0.717, 1.165) is 42.6 Å². The average Bonchev–Trinajstić information content (AvgIpc) is 2.90. The minimum atomic E-state index is 0.0430. The topological polar surface area (TPSA) is 48.7 Å². The van der Waals surface area contributed by atoms with Gasteiger partial charge in [-0.25, -0.2) is 0 Å². The summed E-state index contributed by atoms with van der Waals surface area (Å²) in [6.45, 7) is 3.93. The molecule has 0 bridgehead atoms. The Morgan fingerprint density at radius 2 is 1.95 bits per heavy atom. The highest BCUT2D eigenvalue weighted by molar-refractivity contribution is 5.84. The molecule has 1 N–H and O–H groups in total. The molecule has 21 heavy (non-hydrogen) atoms. The second kappa shape index (κ2) is 5.87. The van der Waals surface area contributed by atoms with Gasteiger partial charge >= 0.3 is 0 Å². The van der Waals surface area contributed by atoms with E-state index in [1.165, 1.54) is 0 Å². The van der Waals surface area contributed by atoms with Gasteiger partial charge in [0.05, 0.1) is 6.61 Å². The summed E-state index contributed by atoms with van der Waals surface area (Å²) in [7, 11) is 2.08. The highest BCUT2D eigenvalue weighted by Gasteiger charge is 2.19. The van der Waals surface area contributed by atoms with Crippen molar-refractivity contribution in [2.24, 2.45) is 0 Å². The van der Waals surface area contributed by atoms with Crippen molar-refractivity contribution in [1.29, 1.82) is 0 Å². The number of hydrogen-bond acceptors (Lipinski definition) is 3. The lowest BCUT2D eigenvalue weighted by Crippen LogP contribution is -2.48. The van der Waals surface area contributed by atoms with Gasteiger partial charge in [0.25, 0.3) is 0 Å². The third-order valence-electron chi connectivity index (χ3n) is 4.18. The zero-order chi connectivity index (χ0) is 14.8. The summed E-state index contributed by atoms with van der Waals surface area (Å²) >= 11 is 0. The molecule has 0 spiro atoms. The largest absolute Gasteiger partial charge is 0.392 e. The van der Waals surface area contributed by atoms with Crippen molar-refractivity contribution in [2.45, 2.75) is 13.2 Å². The molecule has 1 amide bonds. The van der Waals surface area contributed by atoms with Crippen LogP contribution in [0.25, 0.3) is 10.9 Å². The van der Waals surface area contributed by atoms with Gasteiger partial charge < -0.3 is 19.5 Å². The molecule has 5 nitrogen and oxygen atoms in total. The lowest BCUT2D eigenvalue weighted by Gasteiger charge is -2.32. The summed E-state index contributed by atoms with van der Waals surface area (Å²) in [6, 6.07) is 7.83. The van der Waals surface area contributed by atoms with Crippen LogP contribution in [-0.2, 0) is 17.9 Å². The van der Waals surface area contributed by atoms with Crippen molar-refractivity contribution < 1.29 is 9.90 Å². The van der Waals surface area contributed by atoms with Crippen LogP contribution in [0.1, 0.15) is 5.56 Å². The number of benzene rings is 1. The summed E-state index contributed by atoms with van der Waals surface area (Å²) in [5, 5.41) is 10.2. The number of piperazine rings is 1. The molecule has 1 aliphatic rings. The van der Waals surface area contributed by atoms with E-state index >= 15 is 0 Å². The second-order valence-corrected chi connectivity index (χ2v) is 5.68. The first kappa shape index (κ1) is 14.1. The number of amides is 1. The number of carbonyl (C=O) groups excluding carboxylic acids is 1. The van der Waals surface area contributed by atoms with E-state index < -0.39 is 0 Å². The molecule has 112 valence electrons. The number of rotatable bonds is 3. The zero-order valence-electron chi connectivity index (χ0n) is 12.3. The Hall–Kier alpha value is -1.85. The normalized spacial score (nSPS) is 16.6. The first-order valence-electron chi connectivity index (χ1n) is 7.32. The maximum absolute atomic E-state index is 12.4. The fraction of sp³-hybridized carbons (Fsp3) is 0.438. The van der Waals surface area contributed by atoms with Crippen molar-refractivity contribution in [3.05, 3.63) is 36.0 Å². The zero-order valence-corrected chi connectivity index (χ0v) is 12.3.